The van der Waals surface area contributed by atoms with Gasteiger partial charge >= 0.3 is 0 Å². The average molecular weight is 494 g/mol. The molecule has 1 aliphatic heterocycles. The molecule has 0 aromatic heterocycles. The van der Waals surface area contributed by atoms with E-state index in [-0.39, 0.29) is 23.3 Å². The summed E-state index contributed by atoms with van der Waals surface area (Å²) in [5.74, 6) is -0.113. The lowest BCUT2D eigenvalue weighted by Crippen LogP contribution is -2.39. The Bertz CT molecular complexity index is 976. The van der Waals surface area contributed by atoms with Crippen LogP contribution in [0, 0.1) is 0 Å². The normalized spacial score (nSPS) is 15.8. The number of likely N-dealkylation sites (tertiary alicyclic amines) is 1. The maximum Gasteiger partial charge on any atom is 0.240 e. The second-order valence-corrected chi connectivity index (χ2v) is 10.3. The van der Waals surface area contributed by atoms with Gasteiger partial charge in [-0.05, 0) is 56.2 Å². The summed E-state index contributed by atoms with van der Waals surface area (Å²) in [5, 5.41) is 0. The molecule has 2 aromatic carbocycles. The van der Waals surface area contributed by atoms with Crippen molar-refractivity contribution in [3.8, 4) is 0 Å². The predicted octanol–water partition coefficient (Wildman–Crippen LogP) is 3.20. The molecule has 1 atom stereocenters. The molecule has 0 aliphatic carbocycles. The molecule has 0 unspecified atom stereocenters. The van der Waals surface area contributed by atoms with Crippen molar-refractivity contribution in [2.24, 2.45) is 0 Å². The minimum Gasteiger partial charge on any atom is -0.337 e. The summed E-state index contributed by atoms with van der Waals surface area (Å²) in [6, 6.07) is 14.9. The number of amides is 1. The third kappa shape index (κ3) is 5.49. The van der Waals surface area contributed by atoms with Gasteiger partial charge < -0.3 is 9.80 Å². The largest absolute Gasteiger partial charge is 0.337 e. The monoisotopic (exact) mass is 493 g/mol. The van der Waals surface area contributed by atoms with E-state index in [0.29, 0.717) is 10.0 Å². The molecule has 0 spiro atoms. The lowest BCUT2D eigenvalue weighted by atomic mass is 10.0. The molecule has 0 saturated carbocycles. The molecule has 162 valence electrons. The Hall–Kier alpha value is -1.74. The summed E-state index contributed by atoms with van der Waals surface area (Å²) < 4.78 is 27.9. The Kier molecular flexibility index (Phi) is 7.68. The van der Waals surface area contributed by atoms with E-state index in [2.05, 4.69) is 25.6 Å². The van der Waals surface area contributed by atoms with Crippen LogP contribution in [0.1, 0.15) is 30.0 Å². The lowest BCUT2D eigenvalue weighted by Gasteiger charge is -2.32. The van der Waals surface area contributed by atoms with Crippen LogP contribution in [0.5, 0.6) is 0 Å². The number of hydrogen-bond donors (Lipinski definition) is 1. The molecule has 1 heterocycles. The van der Waals surface area contributed by atoms with Gasteiger partial charge in [-0.25, -0.2) is 13.1 Å². The highest BCUT2D eigenvalue weighted by atomic mass is 79.9. The number of halogens is 1. The van der Waals surface area contributed by atoms with Crippen molar-refractivity contribution < 1.29 is 13.2 Å². The van der Waals surface area contributed by atoms with E-state index in [4.69, 9.17) is 0 Å². The van der Waals surface area contributed by atoms with Crippen LogP contribution in [-0.2, 0) is 21.2 Å². The first-order chi connectivity index (χ1) is 14.3. The van der Waals surface area contributed by atoms with Gasteiger partial charge in [0, 0.05) is 18.1 Å². The standard InChI is InChI=1S/C22H28BrN3O3S/c1-24-30(28,29)21-15-19(23)11-10-18(21)14-22(27)25(2)20(16-26-12-6-7-13-26)17-8-4-3-5-9-17/h3-5,8-11,15,20,24H,6-7,12-14,16H2,1-2H3/t20-/m1/s1. The molecular weight excluding hydrogens is 466 g/mol. The predicted molar refractivity (Wildman–Crippen MR) is 122 cm³/mol. The number of rotatable bonds is 8. The summed E-state index contributed by atoms with van der Waals surface area (Å²) >= 11 is 3.32. The summed E-state index contributed by atoms with van der Waals surface area (Å²) in [6.07, 6.45) is 2.38. The van der Waals surface area contributed by atoms with Crippen LogP contribution in [0.2, 0.25) is 0 Å². The smallest absolute Gasteiger partial charge is 0.240 e. The number of likely N-dealkylation sites (N-methyl/N-ethyl adjacent to an activating group) is 1. The average Bonchev–Trinajstić information content (AvgIpc) is 3.26. The highest BCUT2D eigenvalue weighted by molar-refractivity contribution is 9.10. The van der Waals surface area contributed by atoms with Gasteiger partial charge in [-0.3, -0.25) is 4.79 Å². The van der Waals surface area contributed by atoms with Crippen molar-refractivity contribution >= 4 is 31.9 Å². The van der Waals surface area contributed by atoms with Gasteiger partial charge in [-0.2, -0.15) is 0 Å². The fourth-order valence-electron chi connectivity index (χ4n) is 3.83. The summed E-state index contributed by atoms with van der Waals surface area (Å²) in [4.78, 5) is 17.5. The molecule has 6 nitrogen and oxygen atoms in total. The second kappa shape index (κ2) is 10.0. The Balaban J connectivity index is 1.85. The van der Waals surface area contributed by atoms with Crippen LogP contribution < -0.4 is 4.72 Å². The van der Waals surface area contributed by atoms with Crippen LogP contribution in [-0.4, -0.2) is 57.9 Å². The molecule has 0 radical (unpaired) electrons. The number of carbonyl (C=O) groups is 1. The molecule has 1 amide bonds. The molecular formula is C22H28BrN3O3S. The minimum absolute atomic E-state index is 0.0172. The highest BCUT2D eigenvalue weighted by Gasteiger charge is 2.27. The van der Waals surface area contributed by atoms with E-state index < -0.39 is 10.0 Å². The van der Waals surface area contributed by atoms with E-state index >= 15 is 0 Å². The summed E-state index contributed by atoms with van der Waals surface area (Å²) in [5.41, 5.74) is 1.57. The van der Waals surface area contributed by atoms with E-state index in [1.807, 2.05) is 30.3 Å². The van der Waals surface area contributed by atoms with E-state index in [1.54, 1.807) is 24.1 Å². The first kappa shape index (κ1) is 22.9. The SMILES string of the molecule is CNS(=O)(=O)c1cc(Br)ccc1CC(=O)N(C)[C@H](CN1CCCC1)c1ccccc1. The van der Waals surface area contributed by atoms with Crippen LogP contribution in [0.3, 0.4) is 0 Å². The Morgan fingerprint density at radius 1 is 1.17 bits per heavy atom. The lowest BCUT2D eigenvalue weighted by molar-refractivity contribution is -0.131. The topological polar surface area (TPSA) is 69.7 Å². The van der Waals surface area contributed by atoms with E-state index in [1.165, 1.54) is 26.0 Å². The van der Waals surface area contributed by atoms with Gasteiger partial charge in [0.25, 0.3) is 0 Å². The van der Waals surface area contributed by atoms with Gasteiger partial charge in [-0.15, -0.1) is 0 Å². The molecule has 1 N–H and O–H groups in total. The van der Waals surface area contributed by atoms with Gasteiger partial charge in [-0.1, -0.05) is 52.3 Å². The highest BCUT2D eigenvalue weighted by Crippen LogP contribution is 2.26. The number of nitrogens with one attached hydrogen (secondary N) is 1. The van der Waals surface area contributed by atoms with Gasteiger partial charge in [0.05, 0.1) is 17.4 Å². The first-order valence-corrected chi connectivity index (χ1v) is 12.3. The molecule has 30 heavy (non-hydrogen) atoms. The molecule has 1 aliphatic rings. The summed E-state index contributed by atoms with van der Waals surface area (Å²) in [6.45, 7) is 2.86. The van der Waals surface area contributed by atoms with Crippen LogP contribution in [0.25, 0.3) is 0 Å². The molecule has 0 bridgehead atoms. The van der Waals surface area contributed by atoms with Gasteiger partial charge in [0.15, 0.2) is 0 Å². The van der Waals surface area contributed by atoms with Crippen LogP contribution in [0.4, 0.5) is 0 Å². The molecule has 1 fully saturated rings. The number of carbonyl (C=O) groups excluding carboxylic acids is 1. The Morgan fingerprint density at radius 3 is 2.47 bits per heavy atom. The molecule has 2 aromatic rings. The third-order valence-corrected chi connectivity index (χ3v) is 7.59. The van der Waals surface area contributed by atoms with Gasteiger partial charge in [0.1, 0.15) is 0 Å². The number of benzene rings is 2. The van der Waals surface area contributed by atoms with Crippen molar-refractivity contribution in [2.75, 3.05) is 33.7 Å². The van der Waals surface area contributed by atoms with E-state index in [9.17, 15) is 13.2 Å². The Morgan fingerprint density at radius 2 is 1.83 bits per heavy atom. The second-order valence-electron chi connectivity index (χ2n) is 7.58. The third-order valence-electron chi connectivity index (χ3n) is 5.60. The zero-order chi connectivity index (χ0) is 21.7. The number of nitrogens with zero attached hydrogens (tertiary/aromatic N) is 2. The van der Waals surface area contributed by atoms with E-state index in [0.717, 1.165) is 25.2 Å². The van der Waals surface area contributed by atoms with Crippen molar-refractivity contribution in [1.82, 2.24) is 14.5 Å². The van der Waals surface area contributed by atoms with Crippen molar-refractivity contribution in [3.05, 3.63) is 64.1 Å². The minimum atomic E-state index is -3.67. The fourth-order valence-corrected chi connectivity index (χ4v) is 5.33. The van der Waals surface area contributed by atoms with Crippen LogP contribution in [0.15, 0.2) is 57.9 Å². The zero-order valence-corrected chi connectivity index (χ0v) is 19.7. The number of sulfonamides is 1. The van der Waals surface area contributed by atoms with Crippen molar-refractivity contribution in [2.45, 2.75) is 30.2 Å². The molecule has 3 rings (SSSR count). The van der Waals surface area contributed by atoms with Crippen molar-refractivity contribution in [1.29, 1.82) is 0 Å². The zero-order valence-electron chi connectivity index (χ0n) is 17.3. The quantitative estimate of drug-likeness (QED) is 0.612. The molecule has 8 heteroatoms. The Labute approximate surface area is 187 Å². The summed E-state index contributed by atoms with van der Waals surface area (Å²) in [7, 11) is -0.495. The van der Waals surface area contributed by atoms with Gasteiger partial charge in [0.2, 0.25) is 15.9 Å². The molecule has 1 saturated heterocycles. The van der Waals surface area contributed by atoms with Crippen molar-refractivity contribution in [3.63, 3.8) is 0 Å². The first-order valence-electron chi connectivity index (χ1n) is 10.1. The maximum atomic E-state index is 13.2. The van der Waals surface area contributed by atoms with Crippen LogP contribution >= 0.6 is 15.9 Å². The fraction of sp³-hybridized carbons (Fsp3) is 0.409. The number of hydrogen-bond acceptors (Lipinski definition) is 4. The maximum absolute atomic E-state index is 13.2.